The first-order chi connectivity index (χ1) is 14.1. The molecule has 2 fully saturated rings. The molecule has 1 aliphatic heterocycles. The van der Waals surface area contributed by atoms with E-state index in [4.69, 9.17) is 4.98 Å². The van der Waals surface area contributed by atoms with Crippen LogP contribution in [0.15, 0.2) is 52.5 Å². The number of piperidine rings is 1. The van der Waals surface area contributed by atoms with Crippen molar-refractivity contribution in [3.8, 4) is 0 Å². The molecule has 4 rings (SSSR count). The molecule has 4 nitrogen and oxygen atoms in total. The van der Waals surface area contributed by atoms with Gasteiger partial charge in [0.25, 0.3) is 0 Å². The maximum atomic E-state index is 13.5. The van der Waals surface area contributed by atoms with Gasteiger partial charge in [-0.15, -0.1) is 11.8 Å². The quantitative estimate of drug-likeness (QED) is 0.608. The molecule has 2 heterocycles. The fourth-order valence-electron chi connectivity index (χ4n) is 4.45. The number of thioether (sulfide) groups is 1. The highest BCUT2D eigenvalue weighted by Gasteiger charge is 2.36. The average Bonchev–Trinajstić information content (AvgIpc) is 2.75. The Morgan fingerprint density at radius 3 is 2.45 bits per heavy atom. The Bertz CT molecular complexity index is 922. The maximum Gasteiger partial charge on any atom is 0.243 e. The molecule has 1 atom stereocenters. The normalized spacial score (nSPS) is 21.9. The van der Waals surface area contributed by atoms with Crippen LogP contribution < -0.4 is 0 Å². The molecule has 156 valence electrons. The van der Waals surface area contributed by atoms with E-state index in [-0.39, 0.29) is 6.04 Å². The van der Waals surface area contributed by atoms with E-state index < -0.39 is 10.0 Å². The van der Waals surface area contributed by atoms with Crippen molar-refractivity contribution in [1.82, 2.24) is 9.29 Å². The number of aryl methyl sites for hydroxylation is 1. The number of sulfonamides is 1. The van der Waals surface area contributed by atoms with E-state index in [1.807, 2.05) is 43.1 Å². The number of pyridine rings is 1. The van der Waals surface area contributed by atoms with Crippen LogP contribution in [0.25, 0.3) is 0 Å². The maximum absolute atomic E-state index is 13.5. The lowest BCUT2D eigenvalue weighted by atomic mass is 9.99. The zero-order chi connectivity index (χ0) is 20.3. The van der Waals surface area contributed by atoms with Gasteiger partial charge < -0.3 is 0 Å². The molecular weight excluding hydrogens is 400 g/mol. The van der Waals surface area contributed by atoms with Crippen LogP contribution in [0, 0.1) is 6.92 Å². The van der Waals surface area contributed by atoms with Crippen molar-refractivity contribution in [2.24, 2.45) is 0 Å². The van der Waals surface area contributed by atoms with Crippen LogP contribution in [0.5, 0.6) is 0 Å². The molecule has 0 unspecified atom stereocenters. The van der Waals surface area contributed by atoms with E-state index in [9.17, 15) is 8.42 Å². The molecule has 2 aliphatic rings. The van der Waals surface area contributed by atoms with Crippen molar-refractivity contribution >= 4 is 21.8 Å². The fraction of sp³-hybridized carbons (Fsp3) is 0.522. The first kappa shape index (κ1) is 20.9. The lowest BCUT2D eigenvalue weighted by Crippen LogP contribution is -2.38. The Kier molecular flexibility index (Phi) is 6.62. The van der Waals surface area contributed by atoms with Crippen molar-refractivity contribution in [3.63, 3.8) is 0 Å². The molecule has 29 heavy (non-hydrogen) atoms. The number of benzene rings is 1. The Morgan fingerprint density at radius 2 is 1.69 bits per heavy atom. The first-order valence-corrected chi connectivity index (χ1v) is 13.1. The minimum absolute atomic E-state index is 0.130. The molecule has 6 heteroatoms. The van der Waals surface area contributed by atoms with E-state index in [0.29, 0.717) is 16.7 Å². The zero-order valence-corrected chi connectivity index (χ0v) is 18.7. The number of hydrogen-bond acceptors (Lipinski definition) is 4. The monoisotopic (exact) mass is 430 g/mol. The highest BCUT2D eigenvalue weighted by molar-refractivity contribution is 7.99. The van der Waals surface area contributed by atoms with Crippen LogP contribution in [-0.4, -0.2) is 29.5 Å². The van der Waals surface area contributed by atoms with E-state index in [0.717, 1.165) is 35.4 Å². The SMILES string of the molecule is Cc1ccc(S(=O)(=O)N2CCCC[C@@H]2c2cccnc2SC2CCCCC2)cc1. The second-order valence-corrected chi connectivity index (χ2v) is 11.4. The van der Waals surface area contributed by atoms with Gasteiger partial charge >= 0.3 is 0 Å². The Hall–Kier alpha value is -1.37. The summed E-state index contributed by atoms with van der Waals surface area (Å²) in [5, 5.41) is 1.62. The summed E-state index contributed by atoms with van der Waals surface area (Å²) < 4.78 is 28.7. The van der Waals surface area contributed by atoms with Crippen molar-refractivity contribution in [2.45, 2.75) is 79.5 Å². The van der Waals surface area contributed by atoms with E-state index in [2.05, 4.69) is 6.07 Å². The third-order valence-corrected chi connectivity index (χ3v) is 9.36. The van der Waals surface area contributed by atoms with Crippen LogP contribution >= 0.6 is 11.8 Å². The van der Waals surface area contributed by atoms with Gasteiger partial charge in [-0.2, -0.15) is 4.31 Å². The van der Waals surface area contributed by atoms with Crippen molar-refractivity contribution in [3.05, 3.63) is 53.7 Å². The number of aromatic nitrogens is 1. The Balaban J connectivity index is 1.65. The van der Waals surface area contributed by atoms with Crippen LogP contribution in [0.1, 0.15) is 68.5 Å². The van der Waals surface area contributed by atoms with Crippen LogP contribution in [0.3, 0.4) is 0 Å². The first-order valence-electron chi connectivity index (χ1n) is 10.8. The molecule has 2 aromatic rings. The number of rotatable bonds is 5. The predicted molar refractivity (Wildman–Crippen MR) is 119 cm³/mol. The summed E-state index contributed by atoms with van der Waals surface area (Å²) >= 11 is 1.86. The molecule has 1 aromatic heterocycles. The second kappa shape index (κ2) is 9.19. The van der Waals surface area contributed by atoms with Gasteiger partial charge in [0, 0.05) is 23.6 Å². The lowest BCUT2D eigenvalue weighted by Gasteiger charge is -2.36. The Labute approximate surface area is 179 Å². The van der Waals surface area contributed by atoms with Crippen molar-refractivity contribution < 1.29 is 8.42 Å². The van der Waals surface area contributed by atoms with E-state index in [1.54, 1.807) is 16.4 Å². The largest absolute Gasteiger partial charge is 0.250 e. The molecule has 0 radical (unpaired) electrons. The third-order valence-electron chi connectivity index (χ3n) is 6.07. The number of hydrogen-bond donors (Lipinski definition) is 0. The van der Waals surface area contributed by atoms with Gasteiger partial charge in [0.2, 0.25) is 10.0 Å². The number of nitrogens with zero attached hydrogens (tertiary/aromatic N) is 2. The third kappa shape index (κ3) is 4.70. The summed E-state index contributed by atoms with van der Waals surface area (Å²) in [5.41, 5.74) is 2.15. The van der Waals surface area contributed by atoms with E-state index >= 15 is 0 Å². The highest BCUT2D eigenvalue weighted by Crippen LogP contribution is 2.41. The summed E-state index contributed by atoms with van der Waals surface area (Å²) in [7, 11) is -3.53. The van der Waals surface area contributed by atoms with Gasteiger partial charge in [-0.1, -0.05) is 49.4 Å². The molecule has 1 saturated carbocycles. The molecule has 1 aliphatic carbocycles. The van der Waals surface area contributed by atoms with Crippen molar-refractivity contribution in [2.75, 3.05) is 6.54 Å². The molecule has 1 saturated heterocycles. The van der Waals surface area contributed by atoms with Gasteiger partial charge in [-0.3, -0.25) is 0 Å². The Morgan fingerprint density at radius 1 is 0.966 bits per heavy atom. The van der Waals surface area contributed by atoms with Crippen LogP contribution in [0.2, 0.25) is 0 Å². The molecular formula is C23H30N2O2S2. The zero-order valence-electron chi connectivity index (χ0n) is 17.1. The van der Waals surface area contributed by atoms with Gasteiger partial charge in [-0.05, 0) is 50.8 Å². The smallest absolute Gasteiger partial charge is 0.243 e. The van der Waals surface area contributed by atoms with Gasteiger partial charge in [-0.25, -0.2) is 13.4 Å². The fourth-order valence-corrected chi connectivity index (χ4v) is 7.47. The molecule has 0 spiro atoms. The summed E-state index contributed by atoms with van der Waals surface area (Å²) in [6, 6.07) is 11.1. The molecule has 0 N–H and O–H groups in total. The summed E-state index contributed by atoms with van der Waals surface area (Å²) in [6.45, 7) is 2.55. The minimum Gasteiger partial charge on any atom is -0.250 e. The molecule has 0 amide bonds. The molecule has 0 bridgehead atoms. The molecule has 1 aromatic carbocycles. The van der Waals surface area contributed by atoms with Crippen molar-refractivity contribution in [1.29, 1.82) is 0 Å². The van der Waals surface area contributed by atoms with Crippen LogP contribution in [-0.2, 0) is 10.0 Å². The average molecular weight is 431 g/mol. The predicted octanol–water partition coefficient (Wildman–Crippen LogP) is 5.73. The summed E-state index contributed by atoms with van der Waals surface area (Å²) in [6.07, 6.45) is 11.0. The van der Waals surface area contributed by atoms with Gasteiger partial charge in [0.05, 0.1) is 10.9 Å². The highest BCUT2D eigenvalue weighted by atomic mass is 32.2. The van der Waals surface area contributed by atoms with Gasteiger partial charge in [0.15, 0.2) is 0 Å². The van der Waals surface area contributed by atoms with Crippen LogP contribution in [0.4, 0.5) is 0 Å². The van der Waals surface area contributed by atoms with E-state index in [1.165, 1.54) is 32.1 Å². The summed E-state index contributed by atoms with van der Waals surface area (Å²) in [4.78, 5) is 5.08. The second-order valence-electron chi connectivity index (χ2n) is 8.22. The topological polar surface area (TPSA) is 50.3 Å². The summed E-state index contributed by atoms with van der Waals surface area (Å²) in [5.74, 6) is 0. The van der Waals surface area contributed by atoms with Gasteiger partial charge in [0.1, 0.15) is 5.03 Å². The minimum atomic E-state index is -3.53. The lowest BCUT2D eigenvalue weighted by molar-refractivity contribution is 0.252. The standard InChI is InChI=1S/C23H30N2O2S2/c1-18-12-14-20(15-13-18)29(26,27)25-17-6-5-11-22(25)21-10-7-16-24-23(21)28-19-8-3-2-4-9-19/h7,10,12-16,19,22H,2-6,8-9,11,17H2,1H3/t22-/m1/s1.